The molecule has 0 aromatic heterocycles. The van der Waals surface area contributed by atoms with Gasteiger partial charge in [0, 0.05) is 18.7 Å². The van der Waals surface area contributed by atoms with Crippen LogP contribution >= 0.6 is 0 Å². The van der Waals surface area contributed by atoms with E-state index < -0.39 is 0 Å². The summed E-state index contributed by atoms with van der Waals surface area (Å²) in [5.41, 5.74) is 5.71. The first-order valence-electron chi connectivity index (χ1n) is 6.01. The highest BCUT2D eigenvalue weighted by Gasteiger charge is 2.09. The molecule has 0 saturated heterocycles. The van der Waals surface area contributed by atoms with E-state index in [1.54, 1.807) is 0 Å². The second-order valence-corrected chi connectivity index (χ2v) is 5.27. The summed E-state index contributed by atoms with van der Waals surface area (Å²) in [6.07, 6.45) is 2.36. The highest BCUT2D eigenvalue weighted by atomic mass is 16.5. The Labute approximate surface area is 99.7 Å². The lowest BCUT2D eigenvalue weighted by atomic mass is 10.1. The van der Waals surface area contributed by atoms with E-state index in [1.165, 1.54) is 0 Å². The highest BCUT2D eigenvalue weighted by molar-refractivity contribution is 5.78. The van der Waals surface area contributed by atoms with Crippen LogP contribution in [-0.4, -0.2) is 30.8 Å². The number of hydrogen-bond donors (Lipinski definition) is 2. The van der Waals surface area contributed by atoms with Crippen molar-refractivity contribution in [3.8, 4) is 0 Å². The molecule has 0 aliphatic carbocycles. The molecule has 0 saturated carbocycles. The molecule has 0 aromatic carbocycles. The zero-order chi connectivity index (χ0) is 12.6. The van der Waals surface area contributed by atoms with Crippen molar-refractivity contribution >= 4 is 5.96 Å². The molecule has 16 heavy (non-hydrogen) atoms. The zero-order valence-electron chi connectivity index (χ0n) is 11.3. The van der Waals surface area contributed by atoms with E-state index >= 15 is 0 Å². The topological polar surface area (TPSA) is 59.6 Å². The highest BCUT2D eigenvalue weighted by Crippen LogP contribution is 1.98. The minimum Gasteiger partial charge on any atom is -0.379 e. The SMILES string of the molecule is CC(C)OCCCCN=C(N)NC(C)(C)C. The van der Waals surface area contributed by atoms with Gasteiger partial charge in [0.05, 0.1) is 6.10 Å². The van der Waals surface area contributed by atoms with Crippen LogP contribution in [0.5, 0.6) is 0 Å². The number of nitrogens with two attached hydrogens (primary N) is 1. The largest absolute Gasteiger partial charge is 0.379 e. The van der Waals surface area contributed by atoms with Crippen LogP contribution in [0, 0.1) is 0 Å². The number of unbranched alkanes of at least 4 members (excludes halogenated alkanes) is 1. The van der Waals surface area contributed by atoms with E-state index in [-0.39, 0.29) is 5.54 Å². The normalized spacial score (nSPS) is 13.2. The molecule has 0 aliphatic heterocycles. The number of ether oxygens (including phenoxy) is 1. The van der Waals surface area contributed by atoms with Gasteiger partial charge in [0.1, 0.15) is 0 Å². The van der Waals surface area contributed by atoms with E-state index in [1.807, 2.05) is 13.8 Å². The minimum atomic E-state index is -0.0195. The van der Waals surface area contributed by atoms with Crippen LogP contribution in [0.4, 0.5) is 0 Å². The average molecular weight is 229 g/mol. The summed E-state index contributed by atoms with van der Waals surface area (Å²) >= 11 is 0. The van der Waals surface area contributed by atoms with Crippen LogP contribution in [0.25, 0.3) is 0 Å². The minimum absolute atomic E-state index is 0.0195. The molecule has 0 spiro atoms. The van der Waals surface area contributed by atoms with Crippen LogP contribution < -0.4 is 11.1 Å². The van der Waals surface area contributed by atoms with Crippen LogP contribution in [0.2, 0.25) is 0 Å². The third-order valence-electron chi connectivity index (χ3n) is 1.79. The number of nitrogens with one attached hydrogen (secondary N) is 1. The Bertz CT molecular complexity index is 207. The van der Waals surface area contributed by atoms with E-state index in [0.717, 1.165) is 26.0 Å². The fourth-order valence-electron chi connectivity index (χ4n) is 1.16. The van der Waals surface area contributed by atoms with Crippen molar-refractivity contribution in [2.24, 2.45) is 10.7 Å². The summed E-state index contributed by atoms with van der Waals surface area (Å²) in [4.78, 5) is 4.25. The third kappa shape index (κ3) is 11.3. The fraction of sp³-hybridized carbons (Fsp3) is 0.917. The molecule has 0 radical (unpaired) electrons. The molecule has 4 heteroatoms. The van der Waals surface area contributed by atoms with Gasteiger partial charge in [-0.15, -0.1) is 0 Å². The third-order valence-corrected chi connectivity index (χ3v) is 1.79. The molecule has 0 bridgehead atoms. The van der Waals surface area contributed by atoms with Crippen molar-refractivity contribution in [1.29, 1.82) is 0 Å². The predicted octanol–water partition coefficient (Wildman–Crippen LogP) is 1.89. The summed E-state index contributed by atoms with van der Waals surface area (Å²) in [6.45, 7) is 11.8. The predicted molar refractivity (Wildman–Crippen MR) is 69.7 cm³/mol. The molecule has 96 valence electrons. The second kappa shape index (κ2) is 7.49. The molecule has 0 amide bonds. The maximum absolute atomic E-state index is 5.73. The monoisotopic (exact) mass is 229 g/mol. The molecule has 0 aliphatic rings. The number of aliphatic imine (C=N–C) groups is 1. The van der Waals surface area contributed by atoms with Crippen LogP contribution in [-0.2, 0) is 4.74 Å². The number of hydrogen-bond acceptors (Lipinski definition) is 2. The molecule has 0 atom stereocenters. The van der Waals surface area contributed by atoms with Crippen molar-refractivity contribution in [1.82, 2.24) is 5.32 Å². The fourth-order valence-corrected chi connectivity index (χ4v) is 1.16. The summed E-state index contributed by atoms with van der Waals surface area (Å²) in [5.74, 6) is 0.525. The first-order chi connectivity index (χ1) is 7.31. The van der Waals surface area contributed by atoms with E-state index in [4.69, 9.17) is 10.5 Å². The van der Waals surface area contributed by atoms with Crippen molar-refractivity contribution in [2.75, 3.05) is 13.2 Å². The summed E-state index contributed by atoms with van der Waals surface area (Å²) < 4.78 is 5.43. The molecule has 0 unspecified atom stereocenters. The van der Waals surface area contributed by atoms with Gasteiger partial charge in [0.2, 0.25) is 0 Å². The Morgan fingerprint density at radius 1 is 1.31 bits per heavy atom. The molecule has 0 aromatic rings. The van der Waals surface area contributed by atoms with Crippen LogP contribution in [0.3, 0.4) is 0 Å². The van der Waals surface area contributed by atoms with Crippen molar-refractivity contribution < 1.29 is 4.74 Å². The van der Waals surface area contributed by atoms with Gasteiger partial charge in [-0.3, -0.25) is 4.99 Å². The van der Waals surface area contributed by atoms with Gasteiger partial charge in [-0.05, 0) is 47.5 Å². The van der Waals surface area contributed by atoms with Gasteiger partial charge in [-0.1, -0.05) is 0 Å². The molecule has 0 heterocycles. The zero-order valence-corrected chi connectivity index (χ0v) is 11.3. The molecule has 0 fully saturated rings. The van der Waals surface area contributed by atoms with Gasteiger partial charge in [0.15, 0.2) is 5.96 Å². The van der Waals surface area contributed by atoms with Crippen LogP contribution in [0.1, 0.15) is 47.5 Å². The first-order valence-corrected chi connectivity index (χ1v) is 6.01. The van der Waals surface area contributed by atoms with E-state index in [2.05, 4.69) is 31.1 Å². The quantitative estimate of drug-likeness (QED) is 0.415. The van der Waals surface area contributed by atoms with Gasteiger partial charge >= 0.3 is 0 Å². The average Bonchev–Trinajstić information content (AvgIpc) is 2.07. The Kier molecular flexibility index (Phi) is 7.13. The summed E-state index contributed by atoms with van der Waals surface area (Å²) in [6, 6.07) is 0. The second-order valence-electron chi connectivity index (χ2n) is 5.27. The Balaban J connectivity index is 3.52. The lowest BCUT2D eigenvalue weighted by molar-refractivity contribution is 0.0763. The Morgan fingerprint density at radius 3 is 2.44 bits per heavy atom. The molecular weight excluding hydrogens is 202 g/mol. The van der Waals surface area contributed by atoms with Gasteiger partial charge in [-0.2, -0.15) is 0 Å². The van der Waals surface area contributed by atoms with Crippen molar-refractivity contribution in [3.05, 3.63) is 0 Å². The number of nitrogens with zero attached hydrogens (tertiary/aromatic N) is 1. The Morgan fingerprint density at radius 2 is 1.94 bits per heavy atom. The lowest BCUT2D eigenvalue weighted by Crippen LogP contribution is -2.45. The number of rotatable bonds is 6. The van der Waals surface area contributed by atoms with Crippen LogP contribution in [0.15, 0.2) is 4.99 Å². The number of guanidine groups is 1. The summed E-state index contributed by atoms with van der Waals surface area (Å²) in [7, 11) is 0. The van der Waals surface area contributed by atoms with E-state index in [9.17, 15) is 0 Å². The van der Waals surface area contributed by atoms with Gasteiger partial charge in [-0.25, -0.2) is 0 Å². The molecule has 3 N–H and O–H groups in total. The van der Waals surface area contributed by atoms with E-state index in [0.29, 0.717) is 12.1 Å². The van der Waals surface area contributed by atoms with Crippen molar-refractivity contribution in [3.63, 3.8) is 0 Å². The summed E-state index contributed by atoms with van der Waals surface area (Å²) in [5, 5.41) is 3.12. The van der Waals surface area contributed by atoms with Gasteiger partial charge in [0.25, 0.3) is 0 Å². The van der Waals surface area contributed by atoms with Gasteiger partial charge < -0.3 is 15.8 Å². The molecule has 0 rings (SSSR count). The molecule has 4 nitrogen and oxygen atoms in total. The molecular formula is C12H27N3O. The first kappa shape index (κ1) is 15.2. The lowest BCUT2D eigenvalue weighted by Gasteiger charge is -2.20. The smallest absolute Gasteiger partial charge is 0.188 e. The maximum Gasteiger partial charge on any atom is 0.188 e. The maximum atomic E-state index is 5.73. The Hall–Kier alpha value is -0.770. The van der Waals surface area contributed by atoms with Crippen molar-refractivity contribution in [2.45, 2.75) is 59.1 Å². The standard InChI is InChI=1S/C12H27N3O/c1-10(2)16-9-7-6-8-14-11(13)15-12(3,4)5/h10H,6-9H2,1-5H3,(H3,13,14,15).